The molecule has 0 aromatic heterocycles. The van der Waals surface area contributed by atoms with Crippen LogP contribution in [0.3, 0.4) is 0 Å². The minimum Gasteiger partial charge on any atom is -0.496 e. The summed E-state index contributed by atoms with van der Waals surface area (Å²) in [6, 6.07) is 1.99. The number of ketones is 2. The van der Waals surface area contributed by atoms with Gasteiger partial charge in [0.15, 0.2) is 5.78 Å². The molecule has 3 aliphatic carbocycles. The van der Waals surface area contributed by atoms with Gasteiger partial charge in [-0.25, -0.2) is 0 Å². The minimum absolute atomic E-state index is 0.0162. The first kappa shape index (κ1) is 14.9. The Balaban J connectivity index is 1.93. The van der Waals surface area contributed by atoms with Crippen molar-refractivity contribution in [2.24, 2.45) is 5.92 Å². The molecular formula is C20H24O3. The van der Waals surface area contributed by atoms with Gasteiger partial charge < -0.3 is 4.74 Å². The molecule has 1 aromatic rings. The van der Waals surface area contributed by atoms with Gasteiger partial charge in [-0.2, -0.15) is 0 Å². The summed E-state index contributed by atoms with van der Waals surface area (Å²) >= 11 is 0. The molecule has 0 heterocycles. The number of benzene rings is 1. The highest BCUT2D eigenvalue weighted by atomic mass is 16.5. The molecule has 122 valence electrons. The van der Waals surface area contributed by atoms with Crippen molar-refractivity contribution >= 4 is 11.6 Å². The summed E-state index contributed by atoms with van der Waals surface area (Å²) in [5.74, 6) is 1.96. The highest BCUT2D eigenvalue weighted by molar-refractivity contribution is 5.99. The van der Waals surface area contributed by atoms with Crippen LogP contribution in [0.5, 0.6) is 5.75 Å². The lowest BCUT2D eigenvalue weighted by Gasteiger charge is -2.47. The number of rotatable bonds is 1. The molecule has 2 atom stereocenters. The van der Waals surface area contributed by atoms with Gasteiger partial charge in [0.1, 0.15) is 11.5 Å². The van der Waals surface area contributed by atoms with Gasteiger partial charge in [0.05, 0.1) is 7.11 Å². The van der Waals surface area contributed by atoms with E-state index >= 15 is 0 Å². The van der Waals surface area contributed by atoms with E-state index in [0.29, 0.717) is 31.0 Å². The molecule has 1 aromatic carbocycles. The number of fused-ring (bicyclic) bond motifs is 5. The van der Waals surface area contributed by atoms with Crippen molar-refractivity contribution in [3.8, 4) is 5.75 Å². The van der Waals surface area contributed by atoms with Crippen LogP contribution in [0.4, 0.5) is 0 Å². The van der Waals surface area contributed by atoms with E-state index in [1.165, 1.54) is 16.7 Å². The fourth-order valence-electron chi connectivity index (χ4n) is 5.18. The molecule has 0 amide bonds. The van der Waals surface area contributed by atoms with Gasteiger partial charge in [0.2, 0.25) is 0 Å². The summed E-state index contributed by atoms with van der Waals surface area (Å²) in [6.07, 6.45) is 6.95. The topological polar surface area (TPSA) is 43.4 Å². The first-order valence-corrected chi connectivity index (χ1v) is 8.82. The molecule has 0 aliphatic heterocycles. The van der Waals surface area contributed by atoms with Crippen molar-refractivity contribution in [2.45, 2.75) is 63.7 Å². The first-order valence-electron chi connectivity index (χ1n) is 8.82. The van der Waals surface area contributed by atoms with Crippen LogP contribution in [0, 0.1) is 5.92 Å². The maximum atomic E-state index is 12.3. The third-order valence-corrected chi connectivity index (χ3v) is 6.48. The molecule has 0 saturated heterocycles. The number of Topliss-reactive ketones (excluding diaryl/α,β-unsaturated/α-hetero) is 2. The molecule has 1 saturated carbocycles. The van der Waals surface area contributed by atoms with E-state index in [1.54, 1.807) is 7.11 Å². The fourth-order valence-corrected chi connectivity index (χ4v) is 5.18. The van der Waals surface area contributed by atoms with Gasteiger partial charge in [0, 0.05) is 35.8 Å². The average Bonchev–Trinajstić information content (AvgIpc) is 2.55. The highest BCUT2D eigenvalue weighted by Gasteiger charge is 2.47. The largest absolute Gasteiger partial charge is 0.496 e. The van der Waals surface area contributed by atoms with Gasteiger partial charge in [-0.1, -0.05) is 6.92 Å². The molecule has 0 spiro atoms. The zero-order valence-electron chi connectivity index (χ0n) is 14.0. The first-order chi connectivity index (χ1) is 11.0. The molecule has 4 rings (SSSR count). The Morgan fingerprint density at radius 3 is 2.74 bits per heavy atom. The van der Waals surface area contributed by atoms with Gasteiger partial charge >= 0.3 is 0 Å². The van der Waals surface area contributed by atoms with Crippen LogP contribution in [0.2, 0.25) is 0 Å². The Labute approximate surface area is 137 Å². The van der Waals surface area contributed by atoms with Crippen molar-refractivity contribution in [1.82, 2.24) is 0 Å². The Bertz CT molecular complexity index is 703. The molecule has 0 radical (unpaired) electrons. The molecule has 23 heavy (non-hydrogen) atoms. The summed E-state index contributed by atoms with van der Waals surface area (Å²) in [5.41, 5.74) is 4.84. The third-order valence-electron chi connectivity index (χ3n) is 6.48. The minimum atomic E-state index is 0.0162. The lowest BCUT2D eigenvalue weighted by Crippen LogP contribution is -2.43. The molecule has 3 aliphatic rings. The molecule has 3 nitrogen and oxygen atoms in total. The van der Waals surface area contributed by atoms with E-state index in [2.05, 4.69) is 6.92 Å². The van der Waals surface area contributed by atoms with Crippen LogP contribution in [0.1, 0.15) is 72.5 Å². The Hall–Kier alpha value is -1.64. The van der Waals surface area contributed by atoms with Crippen molar-refractivity contribution in [3.63, 3.8) is 0 Å². The van der Waals surface area contributed by atoms with Crippen molar-refractivity contribution in [3.05, 3.63) is 28.3 Å². The normalized spacial score (nSPS) is 29.6. The van der Waals surface area contributed by atoms with Crippen LogP contribution < -0.4 is 4.74 Å². The summed E-state index contributed by atoms with van der Waals surface area (Å²) in [6.45, 7) is 2.31. The van der Waals surface area contributed by atoms with Crippen molar-refractivity contribution in [2.75, 3.05) is 7.11 Å². The zero-order valence-corrected chi connectivity index (χ0v) is 14.0. The summed E-state index contributed by atoms with van der Waals surface area (Å²) in [7, 11) is 1.70. The van der Waals surface area contributed by atoms with E-state index < -0.39 is 0 Å². The number of hydrogen-bond acceptors (Lipinski definition) is 3. The van der Waals surface area contributed by atoms with E-state index in [9.17, 15) is 9.59 Å². The number of carbonyl (C=O) groups excluding carboxylic acids is 2. The van der Waals surface area contributed by atoms with Gasteiger partial charge in [0.25, 0.3) is 0 Å². The van der Waals surface area contributed by atoms with E-state index in [0.717, 1.165) is 43.4 Å². The molecule has 1 fully saturated rings. The molecular weight excluding hydrogens is 288 g/mol. The predicted molar refractivity (Wildman–Crippen MR) is 88.3 cm³/mol. The van der Waals surface area contributed by atoms with Gasteiger partial charge in [-0.3, -0.25) is 9.59 Å². The Morgan fingerprint density at radius 1 is 1.13 bits per heavy atom. The summed E-state index contributed by atoms with van der Waals surface area (Å²) in [4.78, 5) is 24.3. The second-order valence-corrected chi connectivity index (χ2v) is 7.63. The average molecular weight is 312 g/mol. The van der Waals surface area contributed by atoms with Crippen LogP contribution in [-0.4, -0.2) is 18.7 Å². The molecule has 0 bridgehead atoms. The van der Waals surface area contributed by atoms with Crippen LogP contribution in [-0.2, 0) is 23.1 Å². The molecule has 0 N–H and O–H groups in total. The Morgan fingerprint density at radius 2 is 1.96 bits per heavy atom. The zero-order chi connectivity index (χ0) is 16.2. The number of hydrogen-bond donors (Lipinski definition) is 0. The number of carbonyl (C=O) groups is 2. The quantitative estimate of drug-likeness (QED) is 0.792. The maximum absolute atomic E-state index is 12.3. The van der Waals surface area contributed by atoms with E-state index in [1.807, 2.05) is 6.07 Å². The third kappa shape index (κ3) is 2.09. The second kappa shape index (κ2) is 5.19. The lowest BCUT2D eigenvalue weighted by molar-refractivity contribution is -0.123. The lowest BCUT2D eigenvalue weighted by atomic mass is 9.57. The van der Waals surface area contributed by atoms with Crippen molar-refractivity contribution < 1.29 is 14.3 Å². The molecule has 0 unspecified atom stereocenters. The number of methoxy groups -OCH3 is 1. The highest BCUT2D eigenvalue weighted by Crippen LogP contribution is 2.53. The second-order valence-electron chi connectivity index (χ2n) is 7.63. The predicted octanol–water partition coefficient (Wildman–Crippen LogP) is 3.79. The van der Waals surface area contributed by atoms with Gasteiger partial charge in [-0.05, 0) is 55.2 Å². The summed E-state index contributed by atoms with van der Waals surface area (Å²) in [5, 5.41) is 0. The van der Waals surface area contributed by atoms with Crippen LogP contribution >= 0.6 is 0 Å². The molecule has 3 heteroatoms. The maximum Gasteiger partial charge on any atom is 0.163 e. The smallest absolute Gasteiger partial charge is 0.163 e. The monoisotopic (exact) mass is 312 g/mol. The van der Waals surface area contributed by atoms with Crippen LogP contribution in [0.25, 0.3) is 0 Å². The van der Waals surface area contributed by atoms with E-state index in [-0.39, 0.29) is 11.2 Å². The van der Waals surface area contributed by atoms with E-state index in [4.69, 9.17) is 4.74 Å². The standard InChI is InChI=1S/C20H24O3/c1-20-9-8-13(21)10-12(20)6-7-15-14-4-3-5-17(22)16(14)11-18(23-2)19(15)20/h11-12H,3-10H2,1-2H3/t12-,20-/m0/s1. The number of ether oxygens (including phenoxy) is 1. The van der Waals surface area contributed by atoms with Crippen molar-refractivity contribution in [1.29, 1.82) is 0 Å². The summed E-state index contributed by atoms with van der Waals surface area (Å²) < 4.78 is 5.73. The fraction of sp³-hybridized carbons (Fsp3) is 0.600. The SMILES string of the molecule is COc1cc2c(c3c1[C@@]1(C)CCC(=O)C[C@@H]1CC3)CCCC2=O. The Kier molecular flexibility index (Phi) is 3.36. The van der Waals surface area contributed by atoms with Gasteiger partial charge in [-0.15, -0.1) is 0 Å². The van der Waals surface area contributed by atoms with Crippen LogP contribution in [0.15, 0.2) is 6.07 Å².